The summed E-state index contributed by atoms with van der Waals surface area (Å²) in [6, 6.07) is 0.795. The maximum atomic E-state index is 3.53. The van der Waals surface area contributed by atoms with E-state index in [-0.39, 0.29) is 0 Å². The summed E-state index contributed by atoms with van der Waals surface area (Å²) in [7, 11) is 0. The molecule has 2 fully saturated rings. The number of piperidine rings is 2. The number of rotatable bonds is 6. The Morgan fingerprint density at radius 1 is 0.944 bits per heavy atom. The average Bonchev–Trinajstić information content (AvgIpc) is 2.45. The molecule has 0 spiro atoms. The molecule has 0 bridgehead atoms. The largest absolute Gasteiger partial charge is 0.315 e. The van der Waals surface area contributed by atoms with E-state index in [1.54, 1.807) is 0 Å². The van der Waals surface area contributed by atoms with Gasteiger partial charge < -0.3 is 10.2 Å². The number of hydrogen-bond donors (Lipinski definition) is 1. The lowest BCUT2D eigenvalue weighted by molar-refractivity contribution is 0.117. The van der Waals surface area contributed by atoms with E-state index in [0.29, 0.717) is 0 Å². The molecule has 0 aromatic rings. The Morgan fingerprint density at radius 2 is 1.72 bits per heavy atom. The van der Waals surface area contributed by atoms with Gasteiger partial charge in [0.15, 0.2) is 0 Å². The molecular weight excluding hydrogens is 222 g/mol. The van der Waals surface area contributed by atoms with Crippen molar-refractivity contribution in [2.75, 3.05) is 45.8 Å². The Morgan fingerprint density at radius 3 is 2.50 bits per heavy atom. The van der Waals surface area contributed by atoms with Gasteiger partial charge in [-0.05, 0) is 51.9 Å². The van der Waals surface area contributed by atoms with E-state index < -0.39 is 0 Å². The van der Waals surface area contributed by atoms with Gasteiger partial charge in [0.1, 0.15) is 0 Å². The molecule has 1 unspecified atom stereocenters. The van der Waals surface area contributed by atoms with Crippen LogP contribution in [0, 0.1) is 0 Å². The fourth-order valence-electron chi connectivity index (χ4n) is 3.35. The van der Waals surface area contributed by atoms with Crippen molar-refractivity contribution < 1.29 is 0 Å². The first-order chi connectivity index (χ1) is 8.90. The Hall–Kier alpha value is -0.120. The molecule has 18 heavy (non-hydrogen) atoms. The fraction of sp³-hybridized carbons (Fsp3) is 1.00. The lowest BCUT2D eigenvalue weighted by Crippen LogP contribution is -2.48. The summed E-state index contributed by atoms with van der Waals surface area (Å²) in [5.41, 5.74) is 0. The summed E-state index contributed by atoms with van der Waals surface area (Å²) in [4.78, 5) is 5.41. The molecule has 0 saturated carbocycles. The lowest BCUT2D eigenvalue weighted by Gasteiger charge is -2.37. The van der Waals surface area contributed by atoms with Crippen molar-refractivity contribution in [3.8, 4) is 0 Å². The highest BCUT2D eigenvalue weighted by Crippen LogP contribution is 2.17. The maximum absolute atomic E-state index is 3.53. The predicted octanol–water partition coefficient (Wildman–Crippen LogP) is 1.94. The summed E-state index contributed by atoms with van der Waals surface area (Å²) < 4.78 is 0. The monoisotopic (exact) mass is 253 g/mol. The van der Waals surface area contributed by atoms with Gasteiger partial charge in [0.05, 0.1) is 0 Å². The van der Waals surface area contributed by atoms with Crippen molar-refractivity contribution in [1.82, 2.24) is 15.1 Å². The Balaban J connectivity index is 1.70. The van der Waals surface area contributed by atoms with E-state index in [0.717, 1.165) is 12.6 Å². The Kier molecular flexibility index (Phi) is 6.46. The van der Waals surface area contributed by atoms with E-state index in [9.17, 15) is 0 Å². The highest BCUT2D eigenvalue weighted by Gasteiger charge is 2.22. The summed E-state index contributed by atoms with van der Waals surface area (Å²) in [6.07, 6.45) is 8.51. The molecule has 2 aliphatic rings. The van der Waals surface area contributed by atoms with Crippen molar-refractivity contribution in [2.45, 2.75) is 51.5 Å². The van der Waals surface area contributed by atoms with Crippen LogP contribution >= 0.6 is 0 Å². The second-order valence-electron chi connectivity index (χ2n) is 5.90. The topological polar surface area (TPSA) is 18.5 Å². The molecule has 2 rings (SSSR count). The van der Waals surface area contributed by atoms with Gasteiger partial charge in [0.25, 0.3) is 0 Å². The molecule has 1 N–H and O–H groups in total. The molecule has 0 aliphatic carbocycles. The number of nitrogens with one attached hydrogen (secondary N) is 1. The molecule has 3 heteroatoms. The molecule has 106 valence electrons. The van der Waals surface area contributed by atoms with Crippen LogP contribution in [-0.2, 0) is 0 Å². The number of likely N-dealkylation sites (tertiary alicyclic amines) is 2. The molecule has 0 aromatic carbocycles. The maximum Gasteiger partial charge on any atom is 0.0221 e. The molecule has 0 amide bonds. The van der Waals surface area contributed by atoms with Crippen LogP contribution in [0.4, 0.5) is 0 Å². The third kappa shape index (κ3) is 4.52. The Bertz CT molecular complexity index is 214. The molecule has 3 nitrogen and oxygen atoms in total. The third-order valence-electron chi connectivity index (χ3n) is 4.53. The van der Waals surface area contributed by atoms with Gasteiger partial charge in [-0.25, -0.2) is 0 Å². The minimum absolute atomic E-state index is 0.795. The summed E-state index contributed by atoms with van der Waals surface area (Å²) in [6.45, 7) is 11.1. The second kappa shape index (κ2) is 8.13. The van der Waals surface area contributed by atoms with Crippen LogP contribution < -0.4 is 5.32 Å². The number of likely N-dealkylation sites (N-methyl/N-ethyl adjacent to an activating group) is 1. The zero-order chi connectivity index (χ0) is 12.6. The number of hydrogen-bond acceptors (Lipinski definition) is 3. The van der Waals surface area contributed by atoms with E-state index in [1.165, 1.54) is 77.8 Å². The third-order valence-corrected chi connectivity index (χ3v) is 4.53. The molecule has 2 heterocycles. The van der Waals surface area contributed by atoms with E-state index in [2.05, 4.69) is 22.0 Å². The van der Waals surface area contributed by atoms with Crippen LogP contribution in [0.3, 0.4) is 0 Å². The van der Waals surface area contributed by atoms with Crippen LogP contribution in [-0.4, -0.2) is 61.7 Å². The molecular formula is C15H31N3. The molecule has 0 radical (unpaired) electrons. The van der Waals surface area contributed by atoms with E-state index in [1.807, 2.05) is 0 Å². The van der Waals surface area contributed by atoms with Crippen LogP contribution in [0.15, 0.2) is 0 Å². The van der Waals surface area contributed by atoms with Crippen LogP contribution in [0.25, 0.3) is 0 Å². The van der Waals surface area contributed by atoms with E-state index >= 15 is 0 Å². The molecule has 2 aliphatic heterocycles. The van der Waals surface area contributed by atoms with Crippen molar-refractivity contribution in [3.05, 3.63) is 0 Å². The summed E-state index contributed by atoms with van der Waals surface area (Å²) in [5, 5.41) is 3.53. The van der Waals surface area contributed by atoms with E-state index in [4.69, 9.17) is 0 Å². The van der Waals surface area contributed by atoms with Crippen molar-refractivity contribution in [1.29, 1.82) is 0 Å². The van der Waals surface area contributed by atoms with Crippen LogP contribution in [0.2, 0.25) is 0 Å². The summed E-state index contributed by atoms with van der Waals surface area (Å²) in [5.74, 6) is 0. The predicted molar refractivity (Wildman–Crippen MR) is 78.0 cm³/mol. The van der Waals surface area contributed by atoms with Crippen molar-refractivity contribution in [2.24, 2.45) is 0 Å². The minimum Gasteiger partial charge on any atom is -0.315 e. The zero-order valence-corrected chi connectivity index (χ0v) is 12.2. The minimum atomic E-state index is 0.795. The smallest absolute Gasteiger partial charge is 0.0221 e. The van der Waals surface area contributed by atoms with Gasteiger partial charge >= 0.3 is 0 Å². The molecule has 0 aromatic heterocycles. The lowest BCUT2D eigenvalue weighted by atomic mass is 10.0. The fourth-order valence-corrected chi connectivity index (χ4v) is 3.35. The second-order valence-corrected chi connectivity index (χ2v) is 5.90. The van der Waals surface area contributed by atoms with Crippen LogP contribution in [0.5, 0.6) is 0 Å². The molecule has 1 atom stereocenters. The van der Waals surface area contributed by atoms with Gasteiger partial charge in [-0.2, -0.15) is 0 Å². The van der Waals surface area contributed by atoms with Gasteiger partial charge in [0, 0.05) is 25.7 Å². The quantitative estimate of drug-likeness (QED) is 0.780. The molecule has 2 saturated heterocycles. The first-order valence-corrected chi connectivity index (χ1v) is 8.07. The van der Waals surface area contributed by atoms with Crippen LogP contribution in [0.1, 0.15) is 45.4 Å². The SMILES string of the molecule is CCNCC1CCCCN1CCN1CCCCC1. The Labute approximate surface area is 113 Å². The van der Waals surface area contributed by atoms with Gasteiger partial charge in [-0.15, -0.1) is 0 Å². The highest BCUT2D eigenvalue weighted by molar-refractivity contribution is 4.79. The normalized spacial score (nSPS) is 27.5. The van der Waals surface area contributed by atoms with Crippen molar-refractivity contribution in [3.63, 3.8) is 0 Å². The summed E-state index contributed by atoms with van der Waals surface area (Å²) >= 11 is 0. The van der Waals surface area contributed by atoms with Gasteiger partial charge in [0.2, 0.25) is 0 Å². The van der Waals surface area contributed by atoms with Gasteiger partial charge in [-0.3, -0.25) is 4.90 Å². The van der Waals surface area contributed by atoms with Gasteiger partial charge in [-0.1, -0.05) is 19.8 Å². The first-order valence-electron chi connectivity index (χ1n) is 8.07. The van der Waals surface area contributed by atoms with Crippen molar-refractivity contribution >= 4 is 0 Å². The highest BCUT2D eigenvalue weighted by atomic mass is 15.2. The zero-order valence-electron chi connectivity index (χ0n) is 12.2. The average molecular weight is 253 g/mol. The first kappa shape index (κ1) is 14.3. The standard InChI is InChI=1S/C15H31N3/c1-2-16-14-15-8-4-7-11-18(15)13-12-17-9-5-3-6-10-17/h15-16H,2-14H2,1H3. The number of nitrogens with zero attached hydrogens (tertiary/aromatic N) is 2.